The van der Waals surface area contributed by atoms with Crippen LogP contribution in [-0.2, 0) is 12.8 Å². The smallest absolute Gasteiger partial charge is 0.425 e. The van der Waals surface area contributed by atoms with Gasteiger partial charge in [-0.05, 0) is 60.1 Å². The maximum Gasteiger partial charge on any atom is 0.425 e. The highest BCUT2D eigenvalue weighted by atomic mass is 32.1. The maximum absolute atomic E-state index is 12.5. The number of aryl methyl sites for hydroxylation is 2. The summed E-state index contributed by atoms with van der Waals surface area (Å²) < 4.78 is 7.29. The number of benzene rings is 2. The first-order valence-electron chi connectivity index (χ1n) is 8.50. The number of aromatic hydroxyl groups is 1. The largest absolute Gasteiger partial charge is 0.508 e. The van der Waals surface area contributed by atoms with Gasteiger partial charge in [-0.3, -0.25) is 0 Å². The SMILES string of the molecule is CC(C)c1cc2c(=S)n(-c3ccc4c(c3)CCC4)c(=O)oc2cc1O. The first-order valence-corrected chi connectivity index (χ1v) is 8.91. The van der Waals surface area contributed by atoms with E-state index in [0.29, 0.717) is 15.6 Å². The molecule has 0 unspecified atom stereocenters. The molecule has 1 aliphatic carbocycles. The Balaban J connectivity index is 2.00. The topological polar surface area (TPSA) is 55.4 Å². The van der Waals surface area contributed by atoms with Crippen LogP contribution >= 0.6 is 12.2 Å². The second-order valence-corrected chi connectivity index (χ2v) is 7.26. The normalized spacial score (nSPS) is 13.6. The average molecular weight is 353 g/mol. The Kier molecular flexibility index (Phi) is 3.76. The molecule has 1 heterocycles. The summed E-state index contributed by atoms with van der Waals surface area (Å²) in [4.78, 5) is 12.5. The number of aromatic nitrogens is 1. The minimum atomic E-state index is -0.535. The number of nitrogens with zero attached hydrogens (tertiary/aromatic N) is 1. The van der Waals surface area contributed by atoms with Crippen molar-refractivity contribution in [2.45, 2.75) is 39.0 Å². The van der Waals surface area contributed by atoms with E-state index in [-0.39, 0.29) is 11.7 Å². The zero-order valence-corrected chi connectivity index (χ0v) is 15.0. The van der Waals surface area contributed by atoms with Crippen LogP contribution < -0.4 is 5.76 Å². The van der Waals surface area contributed by atoms with Crippen molar-refractivity contribution < 1.29 is 9.52 Å². The van der Waals surface area contributed by atoms with Gasteiger partial charge in [0, 0.05) is 6.07 Å². The lowest BCUT2D eigenvalue weighted by Gasteiger charge is -2.12. The molecule has 1 N–H and O–H groups in total. The zero-order chi connectivity index (χ0) is 17.7. The molecule has 1 aliphatic rings. The van der Waals surface area contributed by atoms with Gasteiger partial charge in [0.1, 0.15) is 16.0 Å². The molecule has 0 atom stereocenters. The van der Waals surface area contributed by atoms with Gasteiger partial charge in [-0.1, -0.05) is 32.1 Å². The fourth-order valence-corrected chi connectivity index (χ4v) is 3.90. The second kappa shape index (κ2) is 5.85. The second-order valence-electron chi connectivity index (χ2n) is 6.88. The minimum absolute atomic E-state index is 0.121. The monoisotopic (exact) mass is 353 g/mol. The molecule has 0 amide bonds. The zero-order valence-electron chi connectivity index (χ0n) is 14.2. The van der Waals surface area contributed by atoms with Crippen LogP contribution in [0.3, 0.4) is 0 Å². The Labute approximate surface area is 150 Å². The summed E-state index contributed by atoms with van der Waals surface area (Å²) in [7, 11) is 0. The van der Waals surface area contributed by atoms with Gasteiger partial charge >= 0.3 is 5.76 Å². The third-order valence-electron chi connectivity index (χ3n) is 4.90. The van der Waals surface area contributed by atoms with Gasteiger partial charge in [0.05, 0.1) is 11.1 Å². The fourth-order valence-electron chi connectivity index (χ4n) is 3.56. The number of fused-ring (bicyclic) bond motifs is 2. The number of hydrogen-bond donors (Lipinski definition) is 1. The van der Waals surface area contributed by atoms with Crippen LogP contribution in [0, 0.1) is 4.64 Å². The molecule has 0 saturated heterocycles. The maximum atomic E-state index is 12.5. The third kappa shape index (κ3) is 2.59. The van der Waals surface area contributed by atoms with Crippen molar-refractivity contribution in [3.63, 3.8) is 0 Å². The molecular weight excluding hydrogens is 334 g/mol. The molecule has 0 bridgehead atoms. The van der Waals surface area contributed by atoms with Crippen molar-refractivity contribution in [2.75, 3.05) is 0 Å². The van der Waals surface area contributed by atoms with Crippen molar-refractivity contribution in [2.24, 2.45) is 0 Å². The van der Waals surface area contributed by atoms with Gasteiger partial charge in [0.15, 0.2) is 0 Å². The molecule has 4 nitrogen and oxygen atoms in total. The Morgan fingerprint density at radius 2 is 1.92 bits per heavy atom. The quantitative estimate of drug-likeness (QED) is 0.683. The van der Waals surface area contributed by atoms with E-state index in [1.807, 2.05) is 32.0 Å². The van der Waals surface area contributed by atoms with Crippen LogP contribution in [-0.4, -0.2) is 9.67 Å². The fraction of sp³-hybridized carbons (Fsp3) is 0.300. The minimum Gasteiger partial charge on any atom is -0.508 e. The molecule has 128 valence electrons. The summed E-state index contributed by atoms with van der Waals surface area (Å²) in [5, 5.41) is 10.8. The highest BCUT2D eigenvalue weighted by Gasteiger charge is 2.16. The van der Waals surface area contributed by atoms with Gasteiger partial charge < -0.3 is 9.52 Å². The van der Waals surface area contributed by atoms with Crippen LogP contribution in [0.1, 0.15) is 42.9 Å². The van der Waals surface area contributed by atoms with Crippen LogP contribution in [0.2, 0.25) is 0 Å². The van der Waals surface area contributed by atoms with Crippen LogP contribution in [0.5, 0.6) is 5.75 Å². The summed E-state index contributed by atoms with van der Waals surface area (Å²) >= 11 is 5.60. The molecular formula is C20H19NO3S. The summed E-state index contributed by atoms with van der Waals surface area (Å²) in [5.74, 6) is -0.276. The van der Waals surface area contributed by atoms with E-state index in [9.17, 15) is 9.90 Å². The van der Waals surface area contributed by atoms with Crippen LogP contribution in [0.15, 0.2) is 39.5 Å². The summed E-state index contributed by atoms with van der Waals surface area (Å²) in [6.07, 6.45) is 3.26. The van der Waals surface area contributed by atoms with E-state index in [4.69, 9.17) is 16.6 Å². The van der Waals surface area contributed by atoms with E-state index in [1.54, 1.807) is 0 Å². The first kappa shape index (κ1) is 16.1. The Morgan fingerprint density at radius 3 is 2.68 bits per heavy atom. The Morgan fingerprint density at radius 1 is 1.16 bits per heavy atom. The Bertz CT molecular complexity index is 1110. The standard InChI is InChI=1S/C20H19NO3S/c1-11(2)15-9-16-18(10-17(15)22)24-20(23)21(19(16)25)14-7-6-12-4-3-5-13(12)8-14/h6-11,22H,3-5H2,1-2H3. The highest BCUT2D eigenvalue weighted by molar-refractivity contribution is 7.71. The van der Waals surface area contributed by atoms with E-state index in [0.717, 1.165) is 30.5 Å². The molecule has 5 heteroatoms. The number of phenols is 1. The molecule has 2 aromatic carbocycles. The van der Waals surface area contributed by atoms with Crippen molar-refractivity contribution in [1.82, 2.24) is 4.57 Å². The first-order chi connectivity index (χ1) is 12.0. The van der Waals surface area contributed by atoms with Gasteiger partial charge in [0.2, 0.25) is 0 Å². The average Bonchev–Trinajstić information content (AvgIpc) is 3.01. The van der Waals surface area contributed by atoms with Gasteiger partial charge in [-0.15, -0.1) is 0 Å². The molecule has 0 spiro atoms. The molecule has 25 heavy (non-hydrogen) atoms. The molecule has 1 aromatic heterocycles. The predicted octanol–water partition coefficient (Wildman–Crippen LogP) is 4.63. The molecule has 0 radical (unpaired) electrons. The lowest BCUT2D eigenvalue weighted by atomic mass is 10.0. The predicted molar refractivity (Wildman–Crippen MR) is 100 cm³/mol. The van der Waals surface area contributed by atoms with E-state index >= 15 is 0 Å². The highest BCUT2D eigenvalue weighted by Crippen LogP contribution is 2.31. The Hall–Kier alpha value is -2.40. The summed E-state index contributed by atoms with van der Waals surface area (Å²) in [5.41, 5.74) is 4.45. The van der Waals surface area contributed by atoms with E-state index < -0.39 is 5.76 Å². The van der Waals surface area contributed by atoms with Crippen molar-refractivity contribution in [3.05, 3.63) is 62.2 Å². The van der Waals surface area contributed by atoms with Crippen LogP contribution in [0.4, 0.5) is 0 Å². The summed E-state index contributed by atoms with van der Waals surface area (Å²) in [6.45, 7) is 4.00. The number of hydrogen-bond acceptors (Lipinski definition) is 4. The molecule has 0 aliphatic heterocycles. The number of rotatable bonds is 2. The third-order valence-corrected chi connectivity index (χ3v) is 5.31. The van der Waals surface area contributed by atoms with Gasteiger partial charge in [0.25, 0.3) is 0 Å². The molecule has 0 fully saturated rings. The van der Waals surface area contributed by atoms with Crippen molar-refractivity contribution in [1.29, 1.82) is 0 Å². The van der Waals surface area contributed by atoms with Crippen molar-refractivity contribution >= 4 is 23.2 Å². The van der Waals surface area contributed by atoms with E-state index in [1.165, 1.54) is 21.8 Å². The summed E-state index contributed by atoms with van der Waals surface area (Å²) in [6, 6.07) is 9.33. The molecule has 3 aromatic rings. The molecule has 0 saturated carbocycles. The van der Waals surface area contributed by atoms with E-state index in [2.05, 4.69) is 6.07 Å². The molecule has 4 rings (SSSR count). The van der Waals surface area contributed by atoms with Gasteiger partial charge in [-0.25, -0.2) is 9.36 Å². The lowest BCUT2D eigenvalue weighted by molar-refractivity contribution is 0.460. The van der Waals surface area contributed by atoms with Crippen LogP contribution in [0.25, 0.3) is 16.7 Å². The van der Waals surface area contributed by atoms with Crippen molar-refractivity contribution in [3.8, 4) is 11.4 Å². The lowest BCUT2D eigenvalue weighted by Crippen LogP contribution is -2.18. The van der Waals surface area contributed by atoms with Gasteiger partial charge in [-0.2, -0.15) is 0 Å². The number of phenolic OH excluding ortho intramolecular Hbond substituents is 1.